The van der Waals surface area contributed by atoms with Crippen molar-refractivity contribution in [1.82, 2.24) is 49.9 Å². The Morgan fingerprint density at radius 3 is 1.48 bits per heavy atom. The Bertz CT molecular complexity index is 3520. The number of pyridine rings is 6. The van der Waals surface area contributed by atoms with Crippen molar-refractivity contribution < 1.29 is 44.0 Å². The van der Waals surface area contributed by atoms with Crippen molar-refractivity contribution in [2.75, 3.05) is 66.0 Å². The number of hydrogen-bond donors (Lipinski definition) is 5. The molecule has 0 unspecified atom stereocenters. The highest BCUT2D eigenvalue weighted by Crippen LogP contribution is 2.32. The third-order valence-corrected chi connectivity index (χ3v) is 12.4. The summed E-state index contributed by atoms with van der Waals surface area (Å²) in [7, 11) is 1.60. The monoisotopic (exact) mass is 1120 g/mol. The first-order valence-electron chi connectivity index (χ1n) is 25.6. The van der Waals surface area contributed by atoms with E-state index >= 15 is 0 Å². The highest BCUT2D eigenvalue weighted by Gasteiger charge is 2.20. The highest BCUT2D eigenvalue weighted by molar-refractivity contribution is 7.78. The van der Waals surface area contributed by atoms with Crippen molar-refractivity contribution in [1.29, 1.82) is 0 Å². The largest absolute Gasteiger partial charge is 0.497 e. The molecule has 22 heteroatoms. The van der Waals surface area contributed by atoms with E-state index in [1.54, 1.807) is 37.7 Å². The number of nitrogens with zero attached hydrogens (tertiary/aromatic N) is 10. The maximum absolute atomic E-state index is 13.0. The first-order chi connectivity index (χ1) is 39.6. The fourth-order valence-electron chi connectivity index (χ4n) is 8.42. The summed E-state index contributed by atoms with van der Waals surface area (Å²) in [5.41, 5.74) is 17.1. The van der Waals surface area contributed by atoms with Crippen LogP contribution in [0.3, 0.4) is 0 Å². The average molecular weight is 1120 g/mol. The number of isothiocyanates is 1. The number of thiocarbonyl (C=S) groups is 1. The van der Waals surface area contributed by atoms with Crippen molar-refractivity contribution in [2.24, 2.45) is 10.7 Å². The lowest BCUT2D eigenvalue weighted by atomic mass is 10.0. The Kier molecular flexibility index (Phi) is 21.8. The van der Waals surface area contributed by atoms with Crippen molar-refractivity contribution in [3.63, 3.8) is 0 Å². The van der Waals surface area contributed by atoms with Crippen LogP contribution in [0.2, 0.25) is 0 Å². The minimum Gasteiger partial charge on any atom is -0.497 e. The molecular weight excluding hydrogens is 1060 g/mol. The maximum Gasteiger partial charge on any atom is 0.317 e. The smallest absolute Gasteiger partial charge is 0.317 e. The molecule has 8 aromatic rings. The topological polar surface area (TPSA) is 293 Å². The number of methoxy groups -OCH3 is 1. The summed E-state index contributed by atoms with van der Waals surface area (Å²) in [6.07, 6.45) is 3.46. The summed E-state index contributed by atoms with van der Waals surface area (Å²) < 4.78 is 5.31. The fraction of sp³-hybridized carbons (Fsp3) is 0.200. The number of rotatable bonds is 26. The number of aryl methyl sites for hydroxylation is 1. The van der Waals surface area contributed by atoms with Crippen LogP contribution in [0.15, 0.2) is 163 Å². The lowest BCUT2D eigenvalue weighted by Gasteiger charge is -2.27. The molecule has 6 aromatic heterocycles. The molecule has 8 rings (SSSR count). The molecule has 2 amide bonds. The standard InChI is InChI=1S/C37H42N8O9.C23H16N4S/c1-54-28-10-8-25(9-11-28)26-17-31(29-6-2-3-12-39-29)42-32(18-26)30-7-4-5-27(41-30)19-40-34(47)21-45(24-37(52)53)16-14-43(22-35(48)49)13-15-44(20-33(38)46)23-36(50)51;1-16-5-4-7-21(26-16)23-14-18(17-8-10-19(11-9-17)25-15-28)13-22(27-23)20-6-2-3-12-24-20/h2-12,17-18H,13-16,19-24H2,1H3,(H2,38,46)(H,40,47)(H,48,49)(H,50,51)(H,52,53);2-14H,1H3. The SMILES string of the molecule is COc1ccc(-c2cc(-c3ccccn3)nc(-c3cccc(CNC(=O)CN(CCN(CCN(CC(N)=O)CC(=O)O)CC(=O)O)CC(=O)O)n3)c2)cc1.Cc1cccc(-c2cc(-c3ccc(N=C=S)cc3)cc(-c3ccccn3)n2)n1. The third kappa shape index (κ3) is 18.6. The zero-order chi connectivity index (χ0) is 58.4. The number of carbonyl (C=O) groups excluding carboxylic acids is 2. The molecule has 21 nitrogen and oxygen atoms in total. The summed E-state index contributed by atoms with van der Waals surface area (Å²) >= 11 is 4.67. The van der Waals surface area contributed by atoms with E-state index in [0.717, 1.165) is 62.2 Å². The molecule has 0 saturated heterocycles. The van der Waals surface area contributed by atoms with E-state index in [1.165, 1.54) is 14.7 Å². The van der Waals surface area contributed by atoms with Gasteiger partial charge in [0.05, 0.1) is 108 Å². The number of carboxylic acid groups (broad SMARTS) is 3. The van der Waals surface area contributed by atoms with Gasteiger partial charge in [0.1, 0.15) is 5.75 Å². The van der Waals surface area contributed by atoms with Gasteiger partial charge in [0.2, 0.25) is 11.8 Å². The van der Waals surface area contributed by atoms with Gasteiger partial charge in [-0.3, -0.25) is 53.6 Å². The molecule has 6 N–H and O–H groups in total. The van der Waals surface area contributed by atoms with E-state index < -0.39 is 49.4 Å². The van der Waals surface area contributed by atoms with Crippen LogP contribution in [0.4, 0.5) is 5.69 Å². The van der Waals surface area contributed by atoms with Gasteiger partial charge < -0.3 is 31.1 Å². The van der Waals surface area contributed by atoms with Gasteiger partial charge in [-0.2, -0.15) is 4.99 Å². The van der Waals surface area contributed by atoms with Crippen molar-refractivity contribution in [3.8, 4) is 73.6 Å². The zero-order valence-corrected chi connectivity index (χ0v) is 45.6. The molecule has 0 aliphatic carbocycles. The summed E-state index contributed by atoms with van der Waals surface area (Å²) in [6.45, 7) is 0.0485. The van der Waals surface area contributed by atoms with Crippen LogP contribution in [0.25, 0.3) is 67.8 Å². The predicted molar refractivity (Wildman–Crippen MR) is 312 cm³/mol. The molecule has 0 saturated carbocycles. The Hall–Kier alpha value is -9.83. The summed E-state index contributed by atoms with van der Waals surface area (Å²) in [6, 6.07) is 46.1. The van der Waals surface area contributed by atoms with Crippen molar-refractivity contribution in [3.05, 3.63) is 169 Å². The molecule has 0 fully saturated rings. The number of benzene rings is 2. The first-order valence-corrected chi connectivity index (χ1v) is 26.0. The Labute approximate surface area is 477 Å². The quantitative estimate of drug-likeness (QED) is 0.0268. The van der Waals surface area contributed by atoms with Crippen LogP contribution in [-0.4, -0.2) is 161 Å². The lowest BCUT2D eigenvalue weighted by molar-refractivity contribution is -0.141. The van der Waals surface area contributed by atoms with Crippen molar-refractivity contribution in [2.45, 2.75) is 13.5 Å². The Morgan fingerprint density at radius 1 is 0.537 bits per heavy atom. The van der Waals surface area contributed by atoms with Crippen LogP contribution in [0.5, 0.6) is 5.75 Å². The normalized spacial score (nSPS) is 10.8. The number of ether oxygens (including phenoxy) is 1. The van der Waals surface area contributed by atoms with Gasteiger partial charge in [-0.25, -0.2) is 15.0 Å². The number of hydrogen-bond acceptors (Lipinski definition) is 17. The van der Waals surface area contributed by atoms with Gasteiger partial charge in [-0.05, 0) is 138 Å². The average Bonchev–Trinajstić information content (AvgIpc) is 3.52. The van der Waals surface area contributed by atoms with E-state index in [1.807, 2.05) is 134 Å². The van der Waals surface area contributed by atoms with Gasteiger partial charge >= 0.3 is 17.9 Å². The van der Waals surface area contributed by atoms with E-state index in [0.29, 0.717) is 28.5 Å². The summed E-state index contributed by atoms with van der Waals surface area (Å²) in [5.74, 6) is -4.05. The van der Waals surface area contributed by atoms with E-state index in [-0.39, 0.29) is 45.8 Å². The van der Waals surface area contributed by atoms with Gasteiger partial charge in [-0.15, -0.1) is 0 Å². The van der Waals surface area contributed by atoms with Gasteiger partial charge in [0.25, 0.3) is 0 Å². The number of aromatic nitrogens is 6. The number of nitrogens with one attached hydrogen (secondary N) is 1. The minimum absolute atomic E-state index is 0.00426. The highest BCUT2D eigenvalue weighted by atomic mass is 32.1. The molecular formula is C60H58N12O9S. The number of amides is 2. The predicted octanol–water partition coefficient (Wildman–Crippen LogP) is 7.06. The van der Waals surface area contributed by atoms with Crippen molar-refractivity contribution >= 4 is 52.8 Å². The van der Waals surface area contributed by atoms with E-state index in [9.17, 15) is 34.2 Å². The fourth-order valence-corrected chi connectivity index (χ4v) is 8.53. The summed E-state index contributed by atoms with van der Waals surface area (Å²) in [5, 5.41) is 33.2. The van der Waals surface area contributed by atoms with Crippen LogP contribution in [0.1, 0.15) is 11.4 Å². The Balaban J connectivity index is 0.000000287. The first kappa shape index (κ1) is 59.8. The molecule has 0 aliphatic rings. The van der Waals surface area contributed by atoms with Crippen LogP contribution in [0, 0.1) is 6.92 Å². The summed E-state index contributed by atoms with van der Waals surface area (Å²) in [4.78, 5) is 94.8. The second-order valence-corrected chi connectivity index (χ2v) is 18.6. The van der Waals surface area contributed by atoms with Crippen LogP contribution in [-0.2, 0) is 30.5 Å². The molecule has 82 heavy (non-hydrogen) atoms. The Morgan fingerprint density at radius 2 is 1.00 bits per heavy atom. The minimum atomic E-state index is -1.19. The number of aliphatic imine (C=N–C) groups is 1. The number of primary amides is 1. The maximum atomic E-state index is 13.0. The molecule has 6 heterocycles. The van der Waals surface area contributed by atoms with Crippen LogP contribution >= 0.6 is 12.2 Å². The molecule has 0 spiro atoms. The molecule has 2 aromatic carbocycles. The zero-order valence-electron chi connectivity index (χ0n) is 44.8. The molecule has 0 radical (unpaired) electrons. The van der Waals surface area contributed by atoms with Crippen LogP contribution < -0.4 is 15.8 Å². The number of carbonyl (C=O) groups is 5. The van der Waals surface area contributed by atoms with Gasteiger partial charge in [0.15, 0.2) is 0 Å². The third-order valence-electron chi connectivity index (χ3n) is 12.3. The second-order valence-electron chi connectivity index (χ2n) is 18.5. The number of nitrogens with two attached hydrogens (primary N) is 1. The molecule has 0 atom stereocenters. The van der Waals surface area contributed by atoms with Gasteiger partial charge in [-0.1, -0.05) is 48.5 Å². The van der Waals surface area contributed by atoms with E-state index in [2.05, 4.69) is 42.6 Å². The molecule has 0 aliphatic heterocycles. The van der Waals surface area contributed by atoms with E-state index in [4.69, 9.17) is 30.5 Å². The second kappa shape index (κ2) is 29.9. The molecule has 0 bridgehead atoms. The number of aliphatic carboxylic acids is 3. The lowest BCUT2D eigenvalue weighted by Crippen LogP contribution is -2.46. The van der Waals surface area contributed by atoms with Gasteiger partial charge in [0, 0.05) is 44.3 Å². The number of carboxylic acids is 3. The molecule has 418 valence electrons.